The van der Waals surface area contributed by atoms with E-state index in [-0.39, 0.29) is 27.1 Å². The van der Waals surface area contributed by atoms with Crippen molar-refractivity contribution in [2.75, 3.05) is 5.73 Å². The fraction of sp³-hybridized carbons (Fsp3) is 0.788. The summed E-state index contributed by atoms with van der Waals surface area (Å²) >= 11 is 5.59. The van der Waals surface area contributed by atoms with Gasteiger partial charge in [0.25, 0.3) is 0 Å². The summed E-state index contributed by atoms with van der Waals surface area (Å²) in [4.78, 5) is 0.907. The lowest BCUT2D eigenvalue weighted by Gasteiger charge is -2.71. The van der Waals surface area contributed by atoms with Crippen molar-refractivity contribution in [3.63, 3.8) is 0 Å². The largest absolute Gasteiger partial charge is 0.382 e. The predicted molar refractivity (Wildman–Crippen MR) is 164 cm³/mol. The molecule has 1 aromatic heterocycles. The molecule has 2 heterocycles. The third-order valence-electron chi connectivity index (χ3n) is 14.1. The van der Waals surface area contributed by atoms with Gasteiger partial charge in [0, 0.05) is 28.5 Å². The smallest absolute Gasteiger partial charge is 0.148 e. The molecule has 5 nitrogen and oxygen atoms in total. The molecule has 212 valence electrons. The molecule has 0 amide bonds. The van der Waals surface area contributed by atoms with Gasteiger partial charge in [0.2, 0.25) is 0 Å². The van der Waals surface area contributed by atoms with Crippen molar-refractivity contribution in [3.8, 4) is 0 Å². The van der Waals surface area contributed by atoms with Gasteiger partial charge >= 0.3 is 0 Å². The minimum atomic E-state index is 0.0559. The third kappa shape index (κ3) is 3.16. The molecule has 6 aliphatic rings. The molecule has 0 aromatic carbocycles. The van der Waals surface area contributed by atoms with Crippen LogP contribution >= 0.6 is 12.2 Å². The van der Waals surface area contributed by atoms with E-state index in [2.05, 4.69) is 70.2 Å². The Morgan fingerprint density at radius 2 is 1.72 bits per heavy atom. The molecule has 3 unspecified atom stereocenters. The number of hydrazone groups is 1. The molecule has 0 radical (unpaired) electrons. The summed E-state index contributed by atoms with van der Waals surface area (Å²) in [7, 11) is 0. The van der Waals surface area contributed by atoms with Gasteiger partial charge in [-0.1, -0.05) is 72.3 Å². The summed E-state index contributed by atoms with van der Waals surface area (Å²) in [5.41, 5.74) is 16.7. The summed E-state index contributed by atoms with van der Waals surface area (Å²) in [6.07, 6.45) is 14.8. The molecule has 0 spiro atoms. The number of nitrogens with zero attached hydrogens (tertiary/aromatic N) is 2. The Hall–Kier alpha value is -1.69. The first-order valence-electron chi connectivity index (χ1n) is 15.6. The van der Waals surface area contributed by atoms with E-state index < -0.39 is 0 Å². The summed E-state index contributed by atoms with van der Waals surface area (Å²) in [6.45, 7) is 17.9. The number of nitrogens with one attached hydrogen (secondary N) is 2. The molecule has 1 aromatic rings. The Bertz CT molecular complexity index is 1320. The quantitative estimate of drug-likeness (QED) is 0.251. The molecule has 7 rings (SSSR count). The van der Waals surface area contributed by atoms with Crippen molar-refractivity contribution in [2.45, 2.75) is 118 Å². The number of rotatable bonds is 1. The van der Waals surface area contributed by atoms with Crippen molar-refractivity contribution >= 4 is 28.7 Å². The van der Waals surface area contributed by atoms with Crippen LogP contribution in [0.2, 0.25) is 0 Å². The molecule has 4 N–H and O–H groups in total. The van der Waals surface area contributed by atoms with Gasteiger partial charge in [0.1, 0.15) is 10.8 Å². The monoisotopic (exact) mass is 547 g/mol. The topological polar surface area (TPSA) is 79.1 Å². The van der Waals surface area contributed by atoms with Crippen LogP contribution in [0.4, 0.5) is 5.82 Å². The van der Waals surface area contributed by atoms with Gasteiger partial charge in [-0.3, -0.25) is 10.5 Å². The molecule has 5 aliphatic carbocycles. The summed E-state index contributed by atoms with van der Waals surface area (Å²) in [5, 5.41) is 12.8. The number of H-pyrrole nitrogens is 1. The van der Waals surface area contributed by atoms with Gasteiger partial charge in [-0.25, -0.2) is 0 Å². The van der Waals surface area contributed by atoms with Gasteiger partial charge in [-0.15, -0.1) is 0 Å². The molecule has 3 saturated carbocycles. The van der Waals surface area contributed by atoms with Gasteiger partial charge < -0.3 is 5.73 Å². The van der Waals surface area contributed by atoms with Gasteiger partial charge in [-0.2, -0.15) is 10.2 Å². The highest BCUT2D eigenvalue weighted by Gasteiger charge is 2.69. The number of nitrogen functional groups attached to an aromatic ring is 1. The zero-order chi connectivity index (χ0) is 27.8. The van der Waals surface area contributed by atoms with Crippen molar-refractivity contribution in [2.24, 2.45) is 49.9 Å². The number of hydrogen-bond donors (Lipinski definition) is 3. The van der Waals surface area contributed by atoms with E-state index in [9.17, 15) is 0 Å². The maximum absolute atomic E-state index is 6.50. The second kappa shape index (κ2) is 7.77. The second-order valence-electron chi connectivity index (χ2n) is 16.5. The molecule has 0 saturated heterocycles. The van der Waals surface area contributed by atoms with Crippen molar-refractivity contribution in [3.05, 3.63) is 22.9 Å². The highest BCUT2D eigenvalue weighted by atomic mass is 32.1. The average Bonchev–Trinajstić information content (AvgIpc) is 3.45. The third-order valence-corrected chi connectivity index (χ3v) is 14.3. The first kappa shape index (κ1) is 26.2. The van der Waals surface area contributed by atoms with Crippen molar-refractivity contribution < 1.29 is 0 Å². The Balaban J connectivity index is 1.34. The molecular weight excluding hydrogens is 498 g/mol. The van der Waals surface area contributed by atoms with Gasteiger partial charge in [0.05, 0.1) is 5.71 Å². The standard InChI is InChI=1S/C33H49N5S/c1-28(2)12-14-33(24-16-25(39)36-35-24)15-13-31(6)20(21(33)18-28)8-9-23-30(5)17-19-26(37-38-27(19)34)29(3,4)22(30)10-11-32(23,31)7/h8,21-23H,9-18H2,1-7H3,(H,36,39)(H3,34,37,38)/t21?,22?,23?,30-,31+,32+,33-/m0/s1. The van der Waals surface area contributed by atoms with Crippen LogP contribution in [0.5, 0.6) is 0 Å². The van der Waals surface area contributed by atoms with Crippen LogP contribution in [0.3, 0.4) is 0 Å². The van der Waals surface area contributed by atoms with Crippen LogP contribution in [-0.4, -0.2) is 20.9 Å². The SMILES string of the molecule is CC1(C)CC[C@]2(C3=NNC(=S)C3)CC[C@]3(C)C(=CCC4[C@@]5(C)Cc6c(N)n[nH]c6C(C)(C)C5CC[C@]43C)C2C1. The fourth-order valence-corrected chi connectivity index (χ4v) is 12.0. The number of fused-ring (bicyclic) bond motifs is 8. The van der Waals surface area contributed by atoms with E-state index in [1.807, 2.05) is 0 Å². The van der Waals surface area contributed by atoms with Crippen molar-refractivity contribution in [1.29, 1.82) is 0 Å². The molecule has 7 atom stereocenters. The number of thiocarbonyl (C=S) groups is 1. The Kier molecular flexibility index (Phi) is 5.23. The molecule has 6 heteroatoms. The lowest BCUT2D eigenvalue weighted by atomic mass is 9.33. The molecule has 0 bridgehead atoms. The number of anilines is 1. The van der Waals surface area contributed by atoms with Crippen LogP contribution in [0, 0.1) is 44.8 Å². The zero-order valence-electron chi connectivity index (χ0n) is 25.3. The fourth-order valence-electron chi connectivity index (χ4n) is 11.8. The predicted octanol–water partition coefficient (Wildman–Crippen LogP) is 7.48. The molecule has 39 heavy (non-hydrogen) atoms. The summed E-state index contributed by atoms with van der Waals surface area (Å²) in [5.74, 6) is 2.56. The van der Waals surface area contributed by atoms with Crippen molar-refractivity contribution in [1.82, 2.24) is 15.6 Å². The van der Waals surface area contributed by atoms with Gasteiger partial charge in [0.15, 0.2) is 0 Å². The van der Waals surface area contributed by atoms with Crippen LogP contribution in [0.15, 0.2) is 16.8 Å². The number of aromatic amines is 1. The Labute approximate surface area is 240 Å². The van der Waals surface area contributed by atoms with Crippen LogP contribution < -0.4 is 11.2 Å². The number of allylic oxidation sites excluding steroid dienone is 2. The van der Waals surface area contributed by atoms with Gasteiger partial charge in [-0.05, 0) is 97.2 Å². The second-order valence-corrected chi connectivity index (χ2v) is 17.0. The van der Waals surface area contributed by atoms with E-state index in [0.717, 1.165) is 23.6 Å². The van der Waals surface area contributed by atoms with Crippen LogP contribution in [0.1, 0.15) is 118 Å². The lowest BCUT2D eigenvalue weighted by Crippen LogP contribution is -2.64. The maximum Gasteiger partial charge on any atom is 0.148 e. The zero-order valence-corrected chi connectivity index (χ0v) is 26.1. The van der Waals surface area contributed by atoms with E-state index in [1.54, 1.807) is 5.57 Å². The minimum absolute atomic E-state index is 0.0559. The summed E-state index contributed by atoms with van der Waals surface area (Å²) < 4.78 is 0. The number of hydrogen-bond acceptors (Lipinski definition) is 4. The Morgan fingerprint density at radius 3 is 2.44 bits per heavy atom. The normalized spacial score (nSPS) is 45.5. The first-order chi connectivity index (χ1) is 18.2. The molecule has 1 aliphatic heterocycles. The first-order valence-corrected chi connectivity index (χ1v) is 16.0. The molecule has 3 fully saturated rings. The Morgan fingerprint density at radius 1 is 0.974 bits per heavy atom. The number of aromatic nitrogens is 2. The van der Waals surface area contributed by atoms with E-state index in [0.29, 0.717) is 23.2 Å². The average molecular weight is 548 g/mol. The minimum Gasteiger partial charge on any atom is -0.382 e. The summed E-state index contributed by atoms with van der Waals surface area (Å²) in [6, 6.07) is 0. The van der Waals surface area contributed by atoms with Crippen LogP contribution in [0.25, 0.3) is 0 Å². The van der Waals surface area contributed by atoms with E-state index >= 15 is 0 Å². The highest BCUT2D eigenvalue weighted by molar-refractivity contribution is 7.80. The maximum atomic E-state index is 6.50. The lowest BCUT2D eigenvalue weighted by molar-refractivity contribution is -0.155. The van der Waals surface area contributed by atoms with Crippen LogP contribution in [-0.2, 0) is 11.8 Å². The van der Waals surface area contributed by atoms with E-state index in [4.69, 9.17) is 23.1 Å². The van der Waals surface area contributed by atoms with E-state index in [1.165, 1.54) is 68.3 Å². The highest BCUT2D eigenvalue weighted by Crippen LogP contribution is 2.75. The number of nitrogens with two attached hydrogens (primary N) is 1. The molecular formula is C33H49N5S.